The number of carbonyl (C=O) groups is 3. The van der Waals surface area contributed by atoms with E-state index < -0.39 is 18.1 Å². The topological polar surface area (TPSA) is 115 Å². The van der Waals surface area contributed by atoms with Crippen LogP contribution in [0, 0.1) is 0 Å². The van der Waals surface area contributed by atoms with Crippen molar-refractivity contribution in [2.45, 2.75) is 24.9 Å². The summed E-state index contributed by atoms with van der Waals surface area (Å²) in [4.78, 5) is 39.8. The second-order valence-electron chi connectivity index (χ2n) is 6.51. The Morgan fingerprint density at radius 3 is 2.67 bits per heavy atom. The fourth-order valence-electron chi connectivity index (χ4n) is 3.60. The quantitative estimate of drug-likeness (QED) is 0.725. The number of rotatable bonds is 3. The van der Waals surface area contributed by atoms with E-state index in [0.29, 0.717) is 42.5 Å². The van der Waals surface area contributed by atoms with Gasteiger partial charge in [-0.1, -0.05) is 0 Å². The third kappa shape index (κ3) is 3.07. The highest BCUT2D eigenvalue weighted by molar-refractivity contribution is 5.97. The van der Waals surface area contributed by atoms with Crippen molar-refractivity contribution in [2.75, 3.05) is 26.8 Å². The van der Waals surface area contributed by atoms with Crippen molar-refractivity contribution in [2.24, 2.45) is 0 Å². The Morgan fingerprint density at radius 2 is 1.93 bits per heavy atom. The molecule has 10 heteroatoms. The summed E-state index contributed by atoms with van der Waals surface area (Å²) in [5.41, 5.74) is 1.62. The molecular weight excluding hydrogens is 356 g/mol. The normalized spacial score (nSPS) is 20.8. The van der Waals surface area contributed by atoms with Crippen LogP contribution in [0.25, 0.3) is 11.0 Å². The molecule has 2 aliphatic rings. The maximum atomic E-state index is 12.7. The van der Waals surface area contributed by atoms with E-state index in [0.717, 1.165) is 0 Å². The molecular formula is C17H18N4O6. The summed E-state index contributed by atoms with van der Waals surface area (Å²) in [5.74, 6) is -0.610. The predicted molar refractivity (Wildman–Crippen MR) is 89.7 cm³/mol. The molecule has 2 aliphatic heterocycles. The molecule has 0 aliphatic carbocycles. The summed E-state index contributed by atoms with van der Waals surface area (Å²) in [6.45, 7) is 0.933. The molecule has 10 nitrogen and oxygen atoms in total. The number of methoxy groups -OCH3 is 1. The number of fused-ring (bicyclic) bond motifs is 1. The van der Waals surface area contributed by atoms with Gasteiger partial charge in [0.1, 0.15) is 17.6 Å². The molecule has 1 aromatic heterocycles. The number of esters is 1. The Labute approximate surface area is 153 Å². The third-order valence-corrected chi connectivity index (χ3v) is 5.03. The van der Waals surface area contributed by atoms with Crippen molar-refractivity contribution in [3.05, 3.63) is 23.8 Å². The standard InChI is InChI=1S/C17H18N4O6/c1-25-16(23)14-9-26-17(24)21(14)11-4-6-20(7-5-11)15(22)10-2-3-12-13(8-10)19-27-18-12/h2-3,8,11,14H,4-7,9H2,1H3/t14-/m1/s1. The lowest BCUT2D eigenvalue weighted by Gasteiger charge is -2.37. The molecule has 27 heavy (non-hydrogen) atoms. The maximum absolute atomic E-state index is 12.7. The number of aromatic nitrogens is 2. The zero-order valence-corrected chi connectivity index (χ0v) is 14.7. The van der Waals surface area contributed by atoms with Crippen LogP contribution in [0.5, 0.6) is 0 Å². The third-order valence-electron chi connectivity index (χ3n) is 5.03. The minimum absolute atomic E-state index is 0.00357. The van der Waals surface area contributed by atoms with Crippen LogP contribution < -0.4 is 0 Å². The monoisotopic (exact) mass is 374 g/mol. The average molecular weight is 374 g/mol. The van der Waals surface area contributed by atoms with E-state index >= 15 is 0 Å². The molecule has 0 spiro atoms. The summed E-state index contributed by atoms with van der Waals surface area (Å²) in [5, 5.41) is 7.48. The number of nitrogens with zero attached hydrogens (tertiary/aromatic N) is 4. The van der Waals surface area contributed by atoms with Gasteiger partial charge >= 0.3 is 12.1 Å². The van der Waals surface area contributed by atoms with Crippen molar-refractivity contribution in [3.8, 4) is 0 Å². The van der Waals surface area contributed by atoms with Crippen LogP contribution in [0.2, 0.25) is 0 Å². The number of cyclic esters (lactones) is 1. The van der Waals surface area contributed by atoms with E-state index in [1.165, 1.54) is 12.0 Å². The van der Waals surface area contributed by atoms with Gasteiger partial charge in [-0.15, -0.1) is 0 Å². The van der Waals surface area contributed by atoms with Gasteiger partial charge < -0.3 is 14.4 Å². The zero-order valence-electron chi connectivity index (χ0n) is 14.7. The first kappa shape index (κ1) is 17.3. The first-order valence-corrected chi connectivity index (χ1v) is 8.63. The predicted octanol–water partition coefficient (Wildman–Crippen LogP) is 0.821. The van der Waals surface area contributed by atoms with Gasteiger partial charge in [-0.05, 0) is 41.4 Å². The Bertz CT molecular complexity index is 888. The SMILES string of the molecule is COC(=O)[C@H]1COC(=O)N1C1CCN(C(=O)c2ccc3nonc3c2)CC1. The van der Waals surface area contributed by atoms with Crippen molar-refractivity contribution < 1.29 is 28.5 Å². The number of carbonyl (C=O) groups excluding carboxylic acids is 3. The van der Waals surface area contributed by atoms with Gasteiger partial charge in [0.15, 0.2) is 6.04 Å². The van der Waals surface area contributed by atoms with Gasteiger partial charge in [0.05, 0.1) is 7.11 Å². The van der Waals surface area contributed by atoms with Crippen LogP contribution in [-0.4, -0.2) is 77.0 Å². The molecule has 142 valence electrons. The van der Waals surface area contributed by atoms with Gasteiger partial charge in [0.25, 0.3) is 5.91 Å². The number of likely N-dealkylation sites (tertiary alicyclic amines) is 1. The highest BCUT2D eigenvalue weighted by atomic mass is 16.6. The first-order valence-electron chi connectivity index (χ1n) is 8.63. The molecule has 0 N–H and O–H groups in total. The summed E-state index contributed by atoms with van der Waals surface area (Å²) in [6.07, 6.45) is 0.601. The fraction of sp³-hybridized carbons (Fsp3) is 0.471. The fourth-order valence-corrected chi connectivity index (χ4v) is 3.60. The Morgan fingerprint density at radius 1 is 1.19 bits per heavy atom. The summed E-state index contributed by atoms with van der Waals surface area (Å²) < 4.78 is 14.4. The molecule has 2 fully saturated rings. The number of benzene rings is 1. The first-order chi connectivity index (χ1) is 13.1. The molecule has 0 radical (unpaired) electrons. The van der Waals surface area contributed by atoms with Gasteiger partial charge in [-0.2, -0.15) is 0 Å². The smallest absolute Gasteiger partial charge is 0.410 e. The highest BCUT2D eigenvalue weighted by Gasteiger charge is 2.44. The van der Waals surface area contributed by atoms with Gasteiger partial charge in [-0.25, -0.2) is 14.2 Å². The molecule has 0 unspecified atom stereocenters. The van der Waals surface area contributed by atoms with Crippen LogP contribution in [-0.2, 0) is 14.3 Å². The van der Waals surface area contributed by atoms with Crippen molar-refractivity contribution >= 4 is 29.0 Å². The number of piperidine rings is 1. The van der Waals surface area contributed by atoms with Gasteiger partial charge in [0, 0.05) is 24.7 Å². The minimum atomic E-state index is -0.725. The molecule has 0 bridgehead atoms. The van der Waals surface area contributed by atoms with Crippen LogP contribution in [0.1, 0.15) is 23.2 Å². The molecule has 4 rings (SSSR count). The molecule has 1 atom stereocenters. The largest absolute Gasteiger partial charge is 0.467 e. The average Bonchev–Trinajstić information content (AvgIpc) is 3.32. The molecule has 3 heterocycles. The van der Waals surface area contributed by atoms with E-state index in [1.54, 1.807) is 23.1 Å². The molecule has 2 amide bonds. The molecule has 0 saturated carbocycles. The van der Waals surface area contributed by atoms with Crippen LogP contribution in [0.4, 0.5) is 4.79 Å². The van der Waals surface area contributed by atoms with Crippen LogP contribution in [0.15, 0.2) is 22.8 Å². The van der Waals surface area contributed by atoms with Crippen LogP contribution in [0.3, 0.4) is 0 Å². The van der Waals surface area contributed by atoms with Crippen molar-refractivity contribution in [1.82, 2.24) is 20.1 Å². The van der Waals surface area contributed by atoms with E-state index in [4.69, 9.17) is 9.47 Å². The van der Waals surface area contributed by atoms with E-state index in [-0.39, 0.29) is 18.6 Å². The van der Waals surface area contributed by atoms with Crippen molar-refractivity contribution in [3.63, 3.8) is 0 Å². The lowest BCUT2D eigenvalue weighted by atomic mass is 10.0. The van der Waals surface area contributed by atoms with Gasteiger partial charge in [0.2, 0.25) is 0 Å². The van der Waals surface area contributed by atoms with E-state index in [1.807, 2.05) is 0 Å². The maximum Gasteiger partial charge on any atom is 0.410 e. The second-order valence-corrected chi connectivity index (χ2v) is 6.51. The molecule has 2 aromatic rings. The lowest BCUT2D eigenvalue weighted by Crippen LogP contribution is -2.51. The number of amides is 2. The molecule has 2 saturated heterocycles. The highest BCUT2D eigenvalue weighted by Crippen LogP contribution is 2.25. The lowest BCUT2D eigenvalue weighted by molar-refractivity contribution is -0.145. The number of hydrogen-bond donors (Lipinski definition) is 0. The zero-order chi connectivity index (χ0) is 19.0. The Hall–Kier alpha value is -3.17. The van der Waals surface area contributed by atoms with E-state index in [2.05, 4.69) is 14.9 Å². The Balaban J connectivity index is 1.43. The summed E-state index contributed by atoms with van der Waals surface area (Å²) >= 11 is 0. The molecule has 1 aromatic carbocycles. The summed E-state index contributed by atoms with van der Waals surface area (Å²) in [7, 11) is 1.28. The minimum Gasteiger partial charge on any atom is -0.467 e. The number of ether oxygens (including phenoxy) is 2. The Kier molecular flexibility index (Phi) is 4.38. The van der Waals surface area contributed by atoms with Crippen molar-refractivity contribution in [1.29, 1.82) is 0 Å². The second kappa shape index (κ2) is 6.86. The summed E-state index contributed by atoms with van der Waals surface area (Å²) in [6, 6.07) is 4.12. The van der Waals surface area contributed by atoms with Gasteiger partial charge in [-0.3, -0.25) is 9.69 Å². The number of hydrogen-bond acceptors (Lipinski definition) is 8. The van der Waals surface area contributed by atoms with Crippen LogP contribution >= 0.6 is 0 Å². The van der Waals surface area contributed by atoms with E-state index in [9.17, 15) is 14.4 Å².